The first-order valence-corrected chi connectivity index (χ1v) is 12.4. The summed E-state index contributed by atoms with van der Waals surface area (Å²) < 4.78 is 16.3. The fourth-order valence-electron chi connectivity index (χ4n) is 3.83. The highest BCUT2D eigenvalue weighted by Gasteiger charge is 2.17. The quantitative estimate of drug-likeness (QED) is 0.316. The van der Waals surface area contributed by atoms with Gasteiger partial charge in [-0.25, -0.2) is 9.97 Å². The smallest absolute Gasteiger partial charge is 0.230 e. The van der Waals surface area contributed by atoms with Crippen molar-refractivity contribution in [2.45, 2.75) is 30.5 Å². The van der Waals surface area contributed by atoms with Gasteiger partial charge in [-0.3, -0.25) is 4.79 Å². The summed E-state index contributed by atoms with van der Waals surface area (Å²) in [7, 11) is 3.22. The molecule has 1 amide bonds. The van der Waals surface area contributed by atoms with Gasteiger partial charge in [-0.05, 0) is 49.1 Å². The Morgan fingerprint density at radius 3 is 2.79 bits per heavy atom. The van der Waals surface area contributed by atoms with Crippen LogP contribution in [0.1, 0.15) is 18.4 Å². The van der Waals surface area contributed by atoms with Crippen LogP contribution in [-0.4, -0.2) is 61.6 Å². The van der Waals surface area contributed by atoms with E-state index in [1.807, 2.05) is 42.5 Å². The summed E-state index contributed by atoms with van der Waals surface area (Å²) in [6.07, 6.45) is 3.06. The molecule has 34 heavy (non-hydrogen) atoms. The minimum Gasteiger partial charge on any atom is -0.493 e. The van der Waals surface area contributed by atoms with Crippen LogP contribution in [0.3, 0.4) is 0 Å². The number of fused-ring (bicyclic) bond motifs is 1. The van der Waals surface area contributed by atoms with E-state index < -0.39 is 0 Å². The number of aromatic nitrogens is 2. The molecule has 8 nitrogen and oxygen atoms in total. The monoisotopic (exact) mass is 482 g/mol. The highest BCUT2D eigenvalue weighted by atomic mass is 32.2. The molecule has 4 rings (SSSR count). The Morgan fingerprint density at radius 2 is 2.00 bits per heavy atom. The average Bonchev–Trinajstić information content (AvgIpc) is 3.39. The number of anilines is 1. The van der Waals surface area contributed by atoms with Gasteiger partial charge in [0.15, 0.2) is 16.7 Å². The van der Waals surface area contributed by atoms with E-state index in [2.05, 4.69) is 20.6 Å². The van der Waals surface area contributed by atoms with Gasteiger partial charge in [0, 0.05) is 25.1 Å². The number of methoxy groups -OCH3 is 2. The van der Waals surface area contributed by atoms with Crippen molar-refractivity contribution in [1.29, 1.82) is 0 Å². The number of carbonyl (C=O) groups is 1. The molecule has 1 aliphatic heterocycles. The highest BCUT2D eigenvalue weighted by Crippen LogP contribution is 2.28. The summed E-state index contributed by atoms with van der Waals surface area (Å²) >= 11 is 1.33. The second-order valence-electron chi connectivity index (χ2n) is 7.97. The Labute approximate surface area is 203 Å². The molecule has 2 heterocycles. The van der Waals surface area contributed by atoms with Crippen molar-refractivity contribution in [2.24, 2.45) is 0 Å². The summed E-state index contributed by atoms with van der Waals surface area (Å²) in [5.74, 6) is 2.33. The Hall–Kier alpha value is -3.04. The molecular formula is C25H30N4O4S. The van der Waals surface area contributed by atoms with Crippen LogP contribution in [0, 0.1) is 0 Å². The van der Waals surface area contributed by atoms with Crippen molar-refractivity contribution in [3.05, 3.63) is 48.0 Å². The fourth-order valence-corrected chi connectivity index (χ4v) is 4.51. The summed E-state index contributed by atoms with van der Waals surface area (Å²) in [5, 5.41) is 7.92. The minimum absolute atomic E-state index is 0.0592. The van der Waals surface area contributed by atoms with Crippen LogP contribution < -0.4 is 20.1 Å². The Balaban J connectivity index is 1.31. The van der Waals surface area contributed by atoms with Crippen molar-refractivity contribution in [3.8, 4) is 11.5 Å². The molecule has 1 aliphatic rings. The molecule has 0 radical (unpaired) electrons. The number of hydrogen-bond acceptors (Lipinski definition) is 8. The third-order valence-corrected chi connectivity index (χ3v) is 6.47. The first kappa shape index (κ1) is 24.1. The number of benzene rings is 2. The SMILES string of the molecule is COc1ccc(CCNC(=O)CSc2nc(NC[C@H]3CCCO3)c3ccccc3n2)cc1OC. The molecule has 9 heteroatoms. The normalized spacial score (nSPS) is 15.3. The first-order valence-electron chi connectivity index (χ1n) is 11.4. The van der Waals surface area contributed by atoms with Crippen molar-refractivity contribution in [2.75, 3.05) is 45.0 Å². The number of ether oxygens (including phenoxy) is 3. The van der Waals surface area contributed by atoms with Crippen LogP contribution in [0.5, 0.6) is 11.5 Å². The number of thioether (sulfide) groups is 1. The van der Waals surface area contributed by atoms with E-state index in [0.717, 1.165) is 41.7 Å². The highest BCUT2D eigenvalue weighted by molar-refractivity contribution is 7.99. The van der Waals surface area contributed by atoms with E-state index in [0.29, 0.717) is 36.2 Å². The number of hydrogen-bond donors (Lipinski definition) is 2. The molecule has 0 saturated carbocycles. The van der Waals surface area contributed by atoms with Gasteiger partial charge in [0.05, 0.1) is 31.6 Å². The molecule has 1 saturated heterocycles. The van der Waals surface area contributed by atoms with E-state index >= 15 is 0 Å². The lowest BCUT2D eigenvalue weighted by Gasteiger charge is -2.14. The molecule has 1 atom stereocenters. The number of rotatable bonds is 11. The zero-order valence-electron chi connectivity index (χ0n) is 19.5. The molecule has 0 spiro atoms. The maximum Gasteiger partial charge on any atom is 0.230 e. The van der Waals surface area contributed by atoms with Gasteiger partial charge in [-0.2, -0.15) is 0 Å². The summed E-state index contributed by atoms with van der Waals surface area (Å²) in [5.41, 5.74) is 1.91. The van der Waals surface area contributed by atoms with Gasteiger partial charge in [0.25, 0.3) is 0 Å². The summed E-state index contributed by atoms with van der Waals surface area (Å²) in [6, 6.07) is 13.7. The zero-order chi connectivity index (χ0) is 23.8. The average molecular weight is 483 g/mol. The number of para-hydroxylation sites is 1. The summed E-state index contributed by atoms with van der Waals surface area (Å²) in [4.78, 5) is 21.7. The first-order chi connectivity index (χ1) is 16.7. The molecule has 0 aliphatic carbocycles. The van der Waals surface area contributed by atoms with Crippen molar-refractivity contribution < 1.29 is 19.0 Å². The molecule has 0 bridgehead atoms. The minimum atomic E-state index is -0.0592. The third kappa shape index (κ3) is 6.30. The van der Waals surface area contributed by atoms with Crippen LogP contribution in [0.2, 0.25) is 0 Å². The molecular weight excluding hydrogens is 452 g/mol. The van der Waals surface area contributed by atoms with Crippen molar-refractivity contribution in [1.82, 2.24) is 15.3 Å². The maximum absolute atomic E-state index is 12.4. The van der Waals surface area contributed by atoms with Gasteiger partial charge >= 0.3 is 0 Å². The molecule has 3 aromatic rings. The van der Waals surface area contributed by atoms with Crippen LogP contribution >= 0.6 is 11.8 Å². The lowest BCUT2D eigenvalue weighted by atomic mass is 10.1. The lowest BCUT2D eigenvalue weighted by Crippen LogP contribution is -2.27. The van der Waals surface area contributed by atoms with E-state index in [4.69, 9.17) is 14.2 Å². The van der Waals surface area contributed by atoms with E-state index in [9.17, 15) is 4.79 Å². The van der Waals surface area contributed by atoms with Gasteiger partial charge in [0.2, 0.25) is 5.91 Å². The second-order valence-corrected chi connectivity index (χ2v) is 8.91. The molecule has 180 valence electrons. The fraction of sp³-hybridized carbons (Fsp3) is 0.400. The van der Waals surface area contributed by atoms with Gasteiger partial charge in [-0.1, -0.05) is 30.0 Å². The van der Waals surface area contributed by atoms with E-state index in [1.165, 1.54) is 11.8 Å². The molecule has 0 unspecified atom stereocenters. The van der Waals surface area contributed by atoms with Crippen LogP contribution in [0.4, 0.5) is 5.82 Å². The zero-order valence-corrected chi connectivity index (χ0v) is 20.3. The lowest BCUT2D eigenvalue weighted by molar-refractivity contribution is -0.118. The molecule has 2 N–H and O–H groups in total. The van der Waals surface area contributed by atoms with Gasteiger partial charge < -0.3 is 24.8 Å². The van der Waals surface area contributed by atoms with Crippen molar-refractivity contribution >= 4 is 34.4 Å². The predicted octanol–water partition coefficient (Wildman–Crippen LogP) is 3.69. The Bertz CT molecular complexity index is 1120. The summed E-state index contributed by atoms with van der Waals surface area (Å²) in [6.45, 7) is 2.06. The Morgan fingerprint density at radius 1 is 1.15 bits per heavy atom. The van der Waals surface area contributed by atoms with Crippen LogP contribution in [0.15, 0.2) is 47.6 Å². The number of nitrogens with one attached hydrogen (secondary N) is 2. The van der Waals surface area contributed by atoms with Gasteiger partial charge in [-0.15, -0.1) is 0 Å². The van der Waals surface area contributed by atoms with Crippen LogP contribution in [-0.2, 0) is 16.0 Å². The third-order valence-electron chi connectivity index (χ3n) is 5.62. The molecule has 1 fully saturated rings. The van der Waals surface area contributed by atoms with Crippen LogP contribution in [0.25, 0.3) is 10.9 Å². The largest absolute Gasteiger partial charge is 0.493 e. The van der Waals surface area contributed by atoms with Gasteiger partial charge in [0.1, 0.15) is 5.82 Å². The maximum atomic E-state index is 12.4. The number of carbonyl (C=O) groups excluding carboxylic acids is 1. The number of nitrogens with zero attached hydrogens (tertiary/aromatic N) is 2. The second kappa shape index (κ2) is 11.9. The predicted molar refractivity (Wildman–Crippen MR) is 134 cm³/mol. The topological polar surface area (TPSA) is 94.6 Å². The number of amides is 1. The van der Waals surface area contributed by atoms with E-state index in [1.54, 1.807) is 14.2 Å². The Kier molecular flexibility index (Phi) is 8.43. The van der Waals surface area contributed by atoms with Crippen molar-refractivity contribution in [3.63, 3.8) is 0 Å². The molecule has 2 aromatic carbocycles. The van der Waals surface area contributed by atoms with E-state index in [-0.39, 0.29) is 17.8 Å². The molecule has 1 aromatic heterocycles. The standard InChI is InChI=1S/C25H30N4O4S/c1-31-21-10-9-17(14-22(21)32-2)11-12-26-23(30)16-34-25-28-20-8-4-3-7-19(20)24(29-25)27-15-18-6-5-13-33-18/h3-4,7-10,14,18H,5-6,11-13,15-16H2,1-2H3,(H,26,30)(H,27,28,29)/t18-/m1/s1.